The molecule has 2 N–H and O–H groups in total. The number of aliphatic hydroxyl groups is 1. The van der Waals surface area contributed by atoms with E-state index in [-0.39, 0.29) is 18.2 Å². The smallest absolute Gasteiger partial charge is 0.0693 e. The quantitative estimate of drug-likeness (QED) is 0.867. The summed E-state index contributed by atoms with van der Waals surface area (Å²) in [4.78, 5) is 0. The molecule has 0 aliphatic heterocycles. The third-order valence-corrected chi connectivity index (χ3v) is 3.91. The summed E-state index contributed by atoms with van der Waals surface area (Å²) in [7, 11) is 0. The standard InChI is InChI=1S/C14H20ClNO/c1-10(11-6-2-3-7-12(11)15)16-13-8-4-5-9-14(13)17/h2-3,6-7,10,13-14,16-17H,4-5,8-9H2,1H3/t10-,13?,14?/m1/s1. The van der Waals surface area contributed by atoms with Crippen molar-refractivity contribution in [3.05, 3.63) is 34.9 Å². The zero-order valence-electron chi connectivity index (χ0n) is 10.2. The van der Waals surface area contributed by atoms with Gasteiger partial charge in [-0.1, -0.05) is 42.6 Å². The summed E-state index contributed by atoms with van der Waals surface area (Å²) in [6.45, 7) is 2.10. The SMILES string of the molecule is C[C@@H](NC1CCCCC1O)c1ccccc1Cl. The zero-order chi connectivity index (χ0) is 12.3. The van der Waals surface area contributed by atoms with Gasteiger partial charge in [-0.3, -0.25) is 0 Å². The van der Waals surface area contributed by atoms with Gasteiger partial charge in [-0.15, -0.1) is 0 Å². The van der Waals surface area contributed by atoms with Gasteiger partial charge in [0, 0.05) is 17.1 Å². The summed E-state index contributed by atoms with van der Waals surface area (Å²) in [5.74, 6) is 0. The fraction of sp³-hybridized carbons (Fsp3) is 0.571. The van der Waals surface area contributed by atoms with Gasteiger partial charge >= 0.3 is 0 Å². The first-order valence-corrected chi connectivity index (χ1v) is 6.75. The van der Waals surface area contributed by atoms with Gasteiger partial charge in [0.25, 0.3) is 0 Å². The van der Waals surface area contributed by atoms with Crippen molar-refractivity contribution in [2.24, 2.45) is 0 Å². The zero-order valence-corrected chi connectivity index (χ0v) is 11.0. The lowest BCUT2D eigenvalue weighted by molar-refractivity contribution is 0.0860. The van der Waals surface area contributed by atoms with Gasteiger partial charge in [-0.2, -0.15) is 0 Å². The van der Waals surface area contributed by atoms with Crippen LogP contribution in [-0.4, -0.2) is 17.3 Å². The molecule has 0 saturated heterocycles. The molecule has 2 unspecified atom stereocenters. The second-order valence-electron chi connectivity index (χ2n) is 4.87. The van der Waals surface area contributed by atoms with Gasteiger partial charge in [0.2, 0.25) is 0 Å². The fourth-order valence-corrected chi connectivity index (χ4v) is 2.84. The van der Waals surface area contributed by atoms with Crippen LogP contribution in [0.25, 0.3) is 0 Å². The molecule has 2 rings (SSSR count). The van der Waals surface area contributed by atoms with Crippen molar-refractivity contribution in [3.63, 3.8) is 0 Å². The van der Waals surface area contributed by atoms with Crippen molar-refractivity contribution in [3.8, 4) is 0 Å². The number of nitrogens with one attached hydrogen (secondary N) is 1. The Kier molecular flexibility index (Phi) is 4.43. The van der Waals surface area contributed by atoms with Crippen molar-refractivity contribution >= 4 is 11.6 Å². The van der Waals surface area contributed by atoms with E-state index in [0.29, 0.717) is 0 Å². The Bertz CT molecular complexity index is 369. The van der Waals surface area contributed by atoms with E-state index in [0.717, 1.165) is 29.8 Å². The highest BCUT2D eigenvalue weighted by molar-refractivity contribution is 6.31. The molecule has 3 atom stereocenters. The minimum Gasteiger partial charge on any atom is -0.392 e. The van der Waals surface area contributed by atoms with Gasteiger partial charge in [0.05, 0.1) is 6.10 Å². The lowest BCUT2D eigenvalue weighted by atomic mass is 9.91. The average molecular weight is 254 g/mol. The normalized spacial score (nSPS) is 26.8. The summed E-state index contributed by atoms with van der Waals surface area (Å²) >= 11 is 6.17. The summed E-state index contributed by atoms with van der Waals surface area (Å²) in [6, 6.07) is 8.27. The lowest BCUT2D eigenvalue weighted by Gasteiger charge is -2.31. The molecular weight excluding hydrogens is 234 g/mol. The average Bonchev–Trinajstić information content (AvgIpc) is 2.32. The van der Waals surface area contributed by atoms with Gasteiger partial charge in [-0.05, 0) is 31.4 Å². The van der Waals surface area contributed by atoms with Crippen molar-refractivity contribution in [2.45, 2.75) is 50.8 Å². The van der Waals surface area contributed by atoms with Crippen LogP contribution in [0.3, 0.4) is 0 Å². The highest BCUT2D eigenvalue weighted by Gasteiger charge is 2.24. The summed E-state index contributed by atoms with van der Waals surface area (Å²) in [5, 5.41) is 14.2. The molecule has 94 valence electrons. The third-order valence-electron chi connectivity index (χ3n) is 3.57. The van der Waals surface area contributed by atoms with Gasteiger partial charge in [-0.25, -0.2) is 0 Å². The first kappa shape index (κ1) is 12.9. The molecule has 0 radical (unpaired) electrons. The van der Waals surface area contributed by atoms with Gasteiger partial charge in [0.15, 0.2) is 0 Å². The number of halogens is 1. The molecule has 2 nitrogen and oxygen atoms in total. The molecule has 1 aromatic rings. The Morgan fingerprint density at radius 3 is 2.71 bits per heavy atom. The Hall–Kier alpha value is -0.570. The maximum absolute atomic E-state index is 9.94. The van der Waals surface area contributed by atoms with Crippen LogP contribution in [0.2, 0.25) is 5.02 Å². The first-order chi connectivity index (χ1) is 8.18. The second kappa shape index (κ2) is 5.85. The fourth-order valence-electron chi connectivity index (χ4n) is 2.54. The van der Waals surface area contributed by atoms with Crippen molar-refractivity contribution in [1.29, 1.82) is 0 Å². The molecule has 0 aromatic heterocycles. The van der Waals surface area contributed by atoms with Crippen LogP contribution in [-0.2, 0) is 0 Å². The number of aliphatic hydroxyl groups excluding tert-OH is 1. The van der Waals surface area contributed by atoms with Crippen LogP contribution < -0.4 is 5.32 Å². The number of hydrogen-bond acceptors (Lipinski definition) is 2. The monoisotopic (exact) mass is 253 g/mol. The van der Waals surface area contributed by atoms with E-state index in [1.54, 1.807) is 0 Å². The second-order valence-corrected chi connectivity index (χ2v) is 5.28. The van der Waals surface area contributed by atoms with Crippen LogP contribution in [0.5, 0.6) is 0 Å². The predicted molar refractivity (Wildman–Crippen MR) is 71.3 cm³/mol. The molecule has 1 saturated carbocycles. The van der Waals surface area contributed by atoms with Crippen molar-refractivity contribution in [2.75, 3.05) is 0 Å². The molecule has 17 heavy (non-hydrogen) atoms. The summed E-state index contributed by atoms with van der Waals surface area (Å²) in [5.41, 5.74) is 1.10. The van der Waals surface area contributed by atoms with E-state index < -0.39 is 0 Å². The largest absolute Gasteiger partial charge is 0.392 e. The van der Waals surface area contributed by atoms with E-state index in [1.807, 2.05) is 24.3 Å². The number of hydrogen-bond donors (Lipinski definition) is 2. The molecule has 1 fully saturated rings. The predicted octanol–water partition coefficient (Wildman–Crippen LogP) is 3.29. The van der Waals surface area contributed by atoms with Gasteiger partial charge in [0.1, 0.15) is 0 Å². The Morgan fingerprint density at radius 2 is 2.00 bits per heavy atom. The minimum atomic E-state index is -0.214. The van der Waals surface area contributed by atoms with Gasteiger partial charge < -0.3 is 10.4 Å². The van der Waals surface area contributed by atoms with Crippen LogP contribution in [0.4, 0.5) is 0 Å². The van der Waals surface area contributed by atoms with Crippen LogP contribution >= 0.6 is 11.6 Å². The van der Waals surface area contributed by atoms with Crippen LogP contribution in [0, 0.1) is 0 Å². The molecule has 1 aromatic carbocycles. The highest BCUT2D eigenvalue weighted by atomic mass is 35.5. The number of benzene rings is 1. The molecule has 0 spiro atoms. The topological polar surface area (TPSA) is 32.3 Å². The van der Waals surface area contributed by atoms with Crippen molar-refractivity contribution < 1.29 is 5.11 Å². The molecule has 0 heterocycles. The third kappa shape index (κ3) is 3.21. The Balaban J connectivity index is 2.01. The molecule has 1 aliphatic rings. The van der Waals surface area contributed by atoms with E-state index in [2.05, 4.69) is 12.2 Å². The van der Waals surface area contributed by atoms with Crippen LogP contribution in [0.1, 0.15) is 44.2 Å². The van der Waals surface area contributed by atoms with E-state index in [9.17, 15) is 5.11 Å². The Labute approximate surface area is 108 Å². The minimum absolute atomic E-state index is 0.182. The van der Waals surface area contributed by atoms with E-state index in [4.69, 9.17) is 11.6 Å². The molecule has 3 heteroatoms. The maximum Gasteiger partial charge on any atom is 0.0693 e. The van der Waals surface area contributed by atoms with Crippen LogP contribution in [0.15, 0.2) is 24.3 Å². The molecule has 1 aliphatic carbocycles. The number of rotatable bonds is 3. The van der Waals surface area contributed by atoms with E-state index >= 15 is 0 Å². The van der Waals surface area contributed by atoms with Crippen molar-refractivity contribution in [1.82, 2.24) is 5.32 Å². The van der Waals surface area contributed by atoms with E-state index in [1.165, 1.54) is 6.42 Å². The summed E-state index contributed by atoms with van der Waals surface area (Å²) < 4.78 is 0. The first-order valence-electron chi connectivity index (χ1n) is 6.37. The summed E-state index contributed by atoms with van der Waals surface area (Å²) in [6.07, 6.45) is 4.08. The Morgan fingerprint density at radius 1 is 1.29 bits per heavy atom. The lowest BCUT2D eigenvalue weighted by Crippen LogP contribution is -2.43. The maximum atomic E-state index is 9.94. The molecule has 0 amide bonds. The molecule has 0 bridgehead atoms. The highest BCUT2D eigenvalue weighted by Crippen LogP contribution is 2.25. The molecular formula is C14H20ClNO.